The van der Waals surface area contributed by atoms with Crippen LogP contribution in [-0.2, 0) is 0 Å². The van der Waals surface area contributed by atoms with Crippen molar-refractivity contribution in [2.75, 3.05) is 6.61 Å². The molecule has 3 nitrogen and oxygen atoms in total. The molecule has 86 valence electrons. The van der Waals surface area contributed by atoms with Crippen molar-refractivity contribution in [3.63, 3.8) is 0 Å². The highest BCUT2D eigenvalue weighted by molar-refractivity contribution is 6.63. The van der Waals surface area contributed by atoms with E-state index in [-0.39, 0.29) is 0 Å². The molecule has 0 aliphatic rings. The van der Waals surface area contributed by atoms with Gasteiger partial charge in [-0.3, -0.25) is 0 Å². The fourth-order valence-electron chi connectivity index (χ4n) is 1.82. The van der Waals surface area contributed by atoms with Gasteiger partial charge in [-0.1, -0.05) is 43.0 Å². The van der Waals surface area contributed by atoms with Crippen LogP contribution in [0.15, 0.2) is 49.1 Å². The van der Waals surface area contributed by atoms with Gasteiger partial charge in [0, 0.05) is 5.46 Å². The Morgan fingerprint density at radius 3 is 2.65 bits per heavy atom. The van der Waals surface area contributed by atoms with E-state index >= 15 is 0 Å². The molecule has 0 fully saturated rings. The Labute approximate surface area is 100 Å². The summed E-state index contributed by atoms with van der Waals surface area (Å²) in [4.78, 5) is 0. The van der Waals surface area contributed by atoms with Gasteiger partial charge in [0.15, 0.2) is 0 Å². The van der Waals surface area contributed by atoms with Crippen molar-refractivity contribution in [3.8, 4) is 5.75 Å². The fraction of sp³-hybridized carbons (Fsp3) is 0.0769. The molecular formula is C13H13BO3. The molecule has 0 heterocycles. The first-order chi connectivity index (χ1) is 8.24. The van der Waals surface area contributed by atoms with Crippen molar-refractivity contribution in [3.05, 3.63) is 49.1 Å². The Bertz CT molecular complexity index is 537. The normalized spacial score (nSPS) is 10.2. The largest absolute Gasteiger partial charge is 0.492 e. The Balaban J connectivity index is 2.59. The number of hydrogen-bond acceptors (Lipinski definition) is 3. The van der Waals surface area contributed by atoms with Crippen LogP contribution in [0.1, 0.15) is 0 Å². The van der Waals surface area contributed by atoms with E-state index in [0.29, 0.717) is 17.8 Å². The second-order valence-corrected chi connectivity index (χ2v) is 3.67. The standard InChI is InChI=1S/C13H13BO3/c1-2-9-17-12-8-7-10-5-3-4-6-11(10)13(12)14(15)16/h2-8,15-16H,1,9H2. The minimum absolute atomic E-state index is 0.331. The summed E-state index contributed by atoms with van der Waals surface area (Å²) < 4.78 is 5.42. The molecule has 0 aliphatic heterocycles. The predicted octanol–water partition coefficient (Wildman–Crippen LogP) is 1.08. The van der Waals surface area contributed by atoms with E-state index in [1.165, 1.54) is 0 Å². The van der Waals surface area contributed by atoms with Gasteiger partial charge in [-0.25, -0.2) is 0 Å². The van der Waals surface area contributed by atoms with Gasteiger partial charge in [0.1, 0.15) is 12.4 Å². The first-order valence-corrected chi connectivity index (χ1v) is 5.35. The number of benzene rings is 2. The Morgan fingerprint density at radius 2 is 1.94 bits per heavy atom. The number of fused-ring (bicyclic) bond motifs is 1. The topological polar surface area (TPSA) is 49.7 Å². The zero-order valence-corrected chi connectivity index (χ0v) is 9.34. The van der Waals surface area contributed by atoms with Gasteiger partial charge < -0.3 is 14.8 Å². The van der Waals surface area contributed by atoms with Crippen LogP contribution in [0.3, 0.4) is 0 Å². The van der Waals surface area contributed by atoms with Crippen molar-refractivity contribution in [1.29, 1.82) is 0 Å². The lowest BCUT2D eigenvalue weighted by atomic mass is 9.76. The summed E-state index contributed by atoms with van der Waals surface area (Å²) in [5, 5.41) is 20.6. The molecule has 2 rings (SSSR count). The zero-order chi connectivity index (χ0) is 12.3. The third-order valence-corrected chi connectivity index (χ3v) is 2.55. The third-order valence-electron chi connectivity index (χ3n) is 2.55. The van der Waals surface area contributed by atoms with Gasteiger partial charge in [0.25, 0.3) is 0 Å². The van der Waals surface area contributed by atoms with Crippen LogP contribution in [0.2, 0.25) is 0 Å². The Morgan fingerprint density at radius 1 is 1.18 bits per heavy atom. The minimum Gasteiger partial charge on any atom is -0.490 e. The molecule has 0 saturated heterocycles. The SMILES string of the molecule is C=CCOc1ccc2ccccc2c1B(O)O. The molecule has 0 radical (unpaired) electrons. The van der Waals surface area contributed by atoms with Gasteiger partial charge in [-0.15, -0.1) is 0 Å². The van der Waals surface area contributed by atoms with Crippen LogP contribution in [0.5, 0.6) is 5.75 Å². The molecule has 0 atom stereocenters. The van der Waals surface area contributed by atoms with E-state index in [1.807, 2.05) is 30.3 Å². The maximum atomic E-state index is 9.45. The maximum absolute atomic E-state index is 9.45. The molecule has 0 amide bonds. The second-order valence-electron chi connectivity index (χ2n) is 3.67. The van der Waals surface area contributed by atoms with Crippen LogP contribution < -0.4 is 10.2 Å². The lowest BCUT2D eigenvalue weighted by Crippen LogP contribution is -2.32. The molecule has 0 unspecified atom stereocenters. The van der Waals surface area contributed by atoms with Gasteiger partial charge in [0.2, 0.25) is 0 Å². The molecule has 0 saturated carbocycles. The van der Waals surface area contributed by atoms with Crippen molar-refractivity contribution in [1.82, 2.24) is 0 Å². The molecule has 0 aromatic heterocycles. The molecular weight excluding hydrogens is 215 g/mol. The summed E-state index contributed by atoms with van der Waals surface area (Å²) in [6.45, 7) is 3.89. The maximum Gasteiger partial charge on any atom is 0.492 e. The summed E-state index contributed by atoms with van der Waals surface area (Å²) in [5.41, 5.74) is 0.393. The number of ether oxygens (including phenoxy) is 1. The molecule has 4 heteroatoms. The molecule has 0 bridgehead atoms. The van der Waals surface area contributed by atoms with Crippen LogP contribution in [0.25, 0.3) is 10.8 Å². The van der Waals surface area contributed by atoms with E-state index in [0.717, 1.165) is 10.8 Å². The predicted molar refractivity (Wildman–Crippen MR) is 69.5 cm³/mol. The van der Waals surface area contributed by atoms with Crippen LogP contribution in [0, 0.1) is 0 Å². The summed E-state index contributed by atoms with van der Waals surface area (Å²) >= 11 is 0. The van der Waals surface area contributed by atoms with Crippen LogP contribution in [0.4, 0.5) is 0 Å². The molecule has 2 N–H and O–H groups in total. The molecule has 2 aromatic rings. The van der Waals surface area contributed by atoms with Crippen molar-refractivity contribution in [2.24, 2.45) is 0 Å². The Kier molecular flexibility index (Phi) is 3.47. The van der Waals surface area contributed by atoms with Gasteiger partial charge in [-0.2, -0.15) is 0 Å². The zero-order valence-electron chi connectivity index (χ0n) is 9.34. The molecule has 0 aliphatic carbocycles. The highest BCUT2D eigenvalue weighted by Crippen LogP contribution is 2.18. The van der Waals surface area contributed by atoms with Crippen LogP contribution >= 0.6 is 0 Å². The number of hydrogen-bond donors (Lipinski definition) is 2. The van der Waals surface area contributed by atoms with E-state index in [2.05, 4.69) is 6.58 Å². The highest BCUT2D eigenvalue weighted by Gasteiger charge is 2.20. The Hall–Kier alpha value is -1.78. The molecule has 17 heavy (non-hydrogen) atoms. The highest BCUT2D eigenvalue weighted by atomic mass is 16.5. The first-order valence-electron chi connectivity index (χ1n) is 5.35. The van der Waals surface area contributed by atoms with E-state index in [9.17, 15) is 10.0 Å². The van der Waals surface area contributed by atoms with E-state index < -0.39 is 7.12 Å². The lowest BCUT2D eigenvalue weighted by Gasteiger charge is -2.12. The summed E-state index contributed by atoms with van der Waals surface area (Å²) in [6.07, 6.45) is 1.61. The van der Waals surface area contributed by atoms with E-state index in [1.54, 1.807) is 12.1 Å². The third kappa shape index (κ3) is 2.33. The van der Waals surface area contributed by atoms with Crippen molar-refractivity contribution < 1.29 is 14.8 Å². The lowest BCUT2D eigenvalue weighted by molar-refractivity contribution is 0.362. The smallest absolute Gasteiger partial charge is 0.490 e. The average Bonchev–Trinajstić information content (AvgIpc) is 2.35. The van der Waals surface area contributed by atoms with E-state index in [4.69, 9.17) is 4.74 Å². The summed E-state index contributed by atoms with van der Waals surface area (Å²) in [6, 6.07) is 11.1. The minimum atomic E-state index is -1.55. The monoisotopic (exact) mass is 228 g/mol. The first kappa shape index (κ1) is 11.7. The van der Waals surface area contributed by atoms with Crippen molar-refractivity contribution >= 4 is 23.4 Å². The number of rotatable bonds is 4. The fourth-order valence-corrected chi connectivity index (χ4v) is 1.82. The van der Waals surface area contributed by atoms with Gasteiger partial charge in [0.05, 0.1) is 0 Å². The quantitative estimate of drug-likeness (QED) is 0.608. The average molecular weight is 228 g/mol. The van der Waals surface area contributed by atoms with Crippen molar-refractivity contribution in [2.45, 2.75) is 0 Å². The second kappa shape index (κ2) is 5.04. The van der Waals surface area contributed by atoms with Crippen LogP contribution in [-0.4, -0.2) is 23.8 Å². The summed E-state index contributed by atoms with van der Waals surface area (Å²) in [7, 11) is -1.55. The van der Waals surface area contributed by atoms with Gasteiger partial charge in [-0.05, 0) is 16.8 Å². The molecule has 0 spiro atoms. The summed E-state index contributed by atoms with van der Waals surface area (Å²) in [5.74, 6) is 0.471. The van der Waals surface area contributed by atoms with Gasteiger partial charge >= 0.3 is 7.12 Å². The molecule has 2 aromatic carbocycles.